The molecule has 0 radical (unpaired) electrons. The van der Waals surface area contributed by atoms with Crippen molar-refractivity contribution in [1.82, 2.24) is 14.3 Å². The van der Waals surface area contributed by atoms with E-state index in [2.05, 4.69) is 26.6 Å². The van der Waals surface area contributed by atoms with Crippen LogP contribution in [-0.4, -0.2) is 40.4 Å². The molecule has 1 aromatic rings. The number of likely N-dealkylation sites (tertiary alicyclic amines) is 1. The third-order valence-corrected chi connectivity index (χ3v) is 3.00. The summed E-state index contributed by atoms with van der Waals surface area (Å²) < 4.78 is 3.96. The van der Waals surface area contributed by atoms with Gasteiger partial charge in [0.2, 0.25) is 5.13 Å². The minimum atomic E-state index is 0.587. The molecule has 0 aromatic carbocycles. The van der Waals surface area contributed by atoms with E-state index in [0.717, 1.165) is 5.13 Å². The third kappa shape index (κ3) is 2.38. The van der Waals surface area contributed by atoms with Crippen LogP contribution < -0.4 is 5.32 Å². The number of hydrogen-bond donors (Lipinski definition) is 1. The van der Waals surface area contributed by atoms with Crippen molar-refractivity contribution in [2.45, 2.75) is 18.9 Å². The molecule has 0 spiro atoms. The summed E-state index contributed by atoms with van der Waals surface area (Å²) in [5.41, 5.74) is 0. The van der Waals surface area contributed by atoms with Gasteiger partial charge in [0, 0.05) is 17.6 Å². The Hall–Kier alpha value is -0.680. The smallest absolute Gasteiger partial charge is 0.202 e. The van der Waals surface area contributed by atoms with Gasteiger partial charge in [-0.1, -0.05) is 0 Å². The fourth-order valence-electron chi connectivity index (χ4n) is 1.56. The normalized spacial score (nSPS) is 20.4. The molecular formula is C8H14N4S. The van der Waals surface area contributed by atoms with Crippen molar-refractivity contribution in [1.29, 1.82) is 0 Å². The Morgan fingerprint density at radius 3 is 2.92 bits per heavy atom. The topological polar surface area (TPSA) is 41.0 Å². The standard InChI is InChI=1S/C8H14N4S/c1-12-4-2-7(3-5-12)11-8-9-6-10-13-8/h6-7H,2-5H2,1H3,(H,9,10,11). The van der Waals surface area contributed by atoms with Crippen LogP contribution in [0.3, 0.4) is 0 Å². The second kappa shape index (κ2) is 4.02. The lowest BCUT2D eigenvalue weighted by molar-refractivity contribution is 0.264. The van der Waals surface area contributed by atoms with E-state index in [0.29, 0.717) is 6.04 Å². The van der Waals surface area contributed by atoms with E-state index in [1.807, 2.05) is 0 Å². The largest absolute Gasteiger partial charge is 0.357 e. The van der Waals surface area contributed by atoms with Crippen LogP contribution in [-0.2, 0) is 0 Å². The van der Waals surface area contributed by atoms with E-state index in [1.165, 1.54) is 37.5 Å². The van der Waals surface area contributed by atoms with Crippen molar-refractivity contribution in [2.75, 3.05) is 25.5 Å². The summed E-state index contributed by atoms with van der Waals surface area (Å²) in [6.45, 7) is 2.35. The van der Waals surface area contributed by atoms with Crippen LogP contribution in [0.25, 0.3) is 0 Å². The molecule has 0 saturated carbocycles. The number of piperidine rings is 1. The zero-order chi connectivity index (χ0) is 9.10. The van der Waals surface area contributed by atoms with Crippen LogP contribution in [0, 0.1) is 0 Å². The van der Waals surface area contributed by atoms with Gasteiger partial charge in [0.25, 0.3) is 0 Å². The Balaban J connectivity index is 1.83. The predicted molar refractivity (Wildman–Crippen MR) is 54.1 cm³/mol. The fraction of sp³-hybridized carbons (Fsp3) is 0.750. The van der Waals surface area contributed by atoms with E-state index < -0.39 is 0 Å². The Bertz CT molecular complexity index is 241. The summed E-state index contributed by atoms with van der Waals surface area (Å²) in [6.07, 6.45) is 4.01. The number of rotatable bonds is 2. The molecule has 72 valence electrons. The fourth-order valence-corrected chi connectivity index (χ4v) is 2.07. The van der Waals surface area contributed by atoms with E-state index in [-0.39, 0.29) is 0 Å². The second-order valence-corrected chi connectivity index (χ2v) is 4.25. The Labute approximate surface area is 82.1 Å². The average Bonchev–Trinajstić information content (AvgIpc) is 2.62. The molecule has 1 N–H and O–H groups in total. The van der Waals surface area contributed by atoms with Gasteiger partial charge < -0.3 is 10.2 Å². The zero-order valence-corrected chi connectivity index (χ0v) is 8.55. The van der Waals surface area contributed by atoms with Crippen molar-refractivity contribution in [3.8, 4) is 0 Å². The molecule has 0 amide bonds. The zero-order valence-electron chi connectivity index (χ0n) is 7.73. The number of nitrogens with one attached hydrogen (secondary N) is 1. The maximum Gasteiger partial charge on any atom is 0.202 e. The van der Waals surface area contributed by atoms with Crippen molar-refractivity contribution in [3.05, 3.63) is 6.33 Å². The van der Waals surface area contributed by atoms with Gasteiger partial charge in [-0.25, -0.2) is 4.98 Å². The minimum absolute atomic E-state index is 0.587. The van der Waals surface area contributed by atoms with Gasteiger partial charge in [-0.3, -0.25) is 0 Å². The maximum absolute atomic E-state index is 4.11. The summed E-state index contributed by atoms with van der Waals surface area (Å²) in [4.78, 5) is 6.47. The molecule has 0 unspecified atom stereocenters. The van der Waals surface area contributed by atoms with Gasteiger partial charge in [-0.05, 0) is 33.0 Å². The summed E-state index contributed by atoms with van der Waals surface area (Å²) >= 11 is 1.43. The first-order chi connectivity index (χ1) is 6.34. The molecule has 1 fully saturated rings. The molecule has 1 aliphatic rings. The van der Waals surface area contributed by atoms with E-state index in [4.69, 9.17) is 0 Å². The average molecular weight is 198 g/mol. The number of anilines is 1. The molecule has 13 heavy (non-hydrogen) atoms. The van der Waals surface area contributed by atoms with Crippen molar-refractivity contribution in [2.24, 2.45) is 0 Å². The Morgan fingerprint density at radius 1 is 1.54 bits per heavy atom. The lowest BCUT2D eigenvalue weighted by atomic mass is 10.1. The van der Waals surface area contributed by atoms with Gasteiger partial charge >= 0.3 is 0 Å². The number of nitrogens with zero attached hydrogens (tertiary/aromatic N) is 3. The van der Waals surface area contributed by atoms with Crippen LogP contribution in [0.1, 0.15) is 12.8 Å². The molecule has 0 aliphatic carbocycles. The maximum atomic E-state index is 4.11. The molecule has 1 saturated heterocycles. The monoisotopic (exact) mass is 198 g/mol. The highest BCUT2D eigenvalue weighted by Crippen LogP contribution is 2.15. The van der Waals surface area contributed by atoms with Gasteiger partial charge in [-0.15, -0.1) is 0 Å². The summed E-state index contributed by atoms with van der Waals surface area (Å²) in [5.74, 6) is 0. The second-order valence-electron chi connectivity index (χ2n) is 3.47. The lowest BCUT2D eigenvalue weighted by Crippen LogP contribution is -2.36. The van der Waals surface area contributed by atoms with Crippen LogP contribution >= 0.6 is 11.5 Å². The molecule has 1 aromatic heterocycles. The van der Waals surface area contributed by atoms with Gasteiger partial charge in [0.1, 0.15) is 6.33 Å². The molecule has 0 atom stereocenters. The van der Waals surface area contributed by atoms with Gasteiger partial charge in [0.05, 0.1) is 0 Å². The first-order valence-corrected chi connectivity index (χ1v) is 5.33. The van der Waals surface area contributed by atoms with Crippen LogP contribution in [0.4, 0.5) is 5.13 Å². The summed E-state index contributed by atoms with van der Waals surface area (Å²) in [7, 11) is 2.17. The Morgan fingerprint density at radius 2 is 2.31 bits per heavy atom. The first-order valence-electron chi connectivity index (χ1n) is 4.56. The molecule has 5 heteroatoms. The quantitative estimate of drug-likeness (QED) is 0.771. The first kappa shape index (κ1) is 8.90. The number of hydrogen-bond acceptors (Lipinski definition) is 5. The van der Waals surface area contributed by atoms with Crippen LogP contribution in [0.5, 0.6) is 0 Å². The molecule has 4 nitrogen and oxygen atoms in total. The SMILES string of the molecule is CN1CCC(Nc2ncns2)CC1. The third-order valence-electron chi connectivity index (χ3n) is 2.41. The van der Waals surface area contributed by atoms with Crippen LogP contribution in [0.15, 0.2) is 6.33 Å². The van der Waals surface area contributed by atoms with Crippen molar-refractivity contribution in [3.63, 3.8) is 0 Å². The predicted octanol–water partition coefficient (Wildman–Crippen LogP) is 1.04. The molecule has 2 rings (SSSR count). The van der Waals surface area contributed by atoms with E-state index in [1.54, 1.807) is 6.33 Å². The van der Waals surface area contributed by atoms with Crippen molar-refractivity contribution >= 4 is 16.7 Å². The van der Waals surface area contributed by atoms with Gasteiger partial charge in [0.15, 0.2) is 0 Å². The minimum Gasteiger partial charge on any atom is -0.357 e. The lowest BCUT2D eigenvalue weighted by Gasteiger charge is -2.29. The summed E-state index contributed by atoms with van der Waals surface area (Å²) in [5, 5.41) is 4.35. The molecule has 1 aliphatic heterocycles. The molecule has 0 bridgehead atoms. The molecule has 2 heterocycles. The summed E-state index contributed by atoms with van der Waals surface area (Å²) in [6, 6.07) is 0.587. The highest BCUT2D eigenvalue weighted by Gasteiger charge is 2.16. The highest BCUT2D eigenvalue weighted by molar-refractivity contribution is 7.09. The number of aromatic nitrogens is 2. The van der Waals surface area contributed by atoms with Crippen molar-refractivity contribution < 1.29 is 0 Å². The highest BCUT2D eigenvalue weighted by atomic mass is 32.1. The van der Waals surface area contributed by atoms with E-state index >= 15 is 0 Å². The molecular weight excluding hydrogens is 184 g/mol. The Kier molecular flexibility index (Phi) is 2.75. The van der Waals surface area contributed by atoms with E-state index in [9.17, 15) is 0 Å². The van der Waals surface area contributed by atoms with Gasteiger partial charge in [-0.2, -0.15) is 4.37 Å². The van der Waals surface area contributed by atoms with Crippen LogP contribution in [0.2, 0.25) is 0 Å².